The number of carbonyl (C=O) groups excluding carboxylic acids is 1. The number of aromatic nitrogens is 4. The molecule has 2 aromatic rings. The third-order valence-electron chi connectivity index (χ3n) is 4.14. The average molecular weight is 344 g/mol. The first-order valence-corrected chi connectivity index (χ1v) is 8.55. The molecule has 1 amide bonds. The van der Waals surface area contributed by atoms with E-state index < -0.39 is 0 Å². The van der Waals surface area contributed by atoms with Gasteiger partial charge in [-0.2, -0.15) is 4.68 Å². The van der Waals surface area contributed by atoms with Crippen LogP contribution in [-0.4, -0.2) is 62.9 Å². The molecule has 0 spiro atoms. The van der Waals surface area contributed by atoms with Crippen LogP contribution in [0.3, 0.4) is 0 Å². The fourth-order valence-electron chi connectivity index (χ4n) is 2.98. The van der Waals surface area contributed by atoms with Gasteiger partial charge in [0.2, 0.25) is 11.9 Å². The van der Waals surface area contributed by atoms with Crippen molar-refractivity contribution < 1.29 is 9.53 Å². The number of benzene rings is 1. The minimum absolute atomic E-state index is 0.0782. The summed E-state index contributed by atoms with van der Waals surface area (Å²) >= 11 is 0. The molecule has 2 heterocycles. The number of hydrogen-bond acceptors (Lipinski definition) is 6. The van der Waals surface area contributed by atoms with E-state index in [1.807, 2.05) is 49.9 Å². The zero-order valence-electron chi connectivity index (χ0n) is 14.8. The molecule has 0 unspecified atom stereocenters. The molecule has 3 rings (SSSR count). The Bertz CT molecular complexity index is 704. The first-order valence-electron chi connectivity index (χ1n) is 8.55. The molecule has 0 radical (unpaired) electrons. The number of carbonyl (C=O) groups is 1. The van der Waals surface area contributed by atoms with Crippen LogP contribution in [0.5, 0.6) is 0 Å². The van der Waals surface area contributed by atoms with Gasteiger partial charge in [0, 0.05) is 26.1 Å². The number of tetrazole rings is 1. The second-order valence-electron chi connectivity index (χ2n) is 6.48. The predicted octanol–water partition coefficient (Wildman–Crippen LogP) is 1.41. The van der Waals surface area contributed by atoms with Crippen LogP contribution < -0.4 is 5.32 Å². The van der Waals surface area contributed by atoms with Gasteiger partial charge in [-0.05, 0) is 43.3 Å². The van der Waals surface area contributed by atoms with Crippen molar-refractivity contribution in [2.75, 3.05) is 25.0 Å². The summed E-state index contributed by atoms with van der Waals surface area (Å²) in [6.45, 7) is 7.77. The molecule has 1 aliphatic heterocycles. The van der Waals surface area contributed by atoms with Crippen molar-refractivity contribution in [2.45, 2.75) is 39.4 Å². The van der Waals surface area contributed by atoms with Crippen molar-refractivity contribution in [3.8, 4) is 5.69 Å². The molecule has 1 N–H and O–H groups in total. The van der Waals surface area contributed by atoms with E-state index in [1.54, 1.807) is 4.68 Å². The number of hydrogen-bond donors (Lipinski definition) is 1. The Balaban J connectivity index is 1.55. The van der Waals surface area contributed by atoms with Crippen LogP contribution in [0.15, 0.2) is 24.3 Å². The van der Waals surface area contributed by atoms with E-state index in [1.165, 1.54) is 5.56 Å². The first kappa shape index (κ1) is 17.3. The Labute approximate surface area is 147 Å². The Hall–Kier alpha value is -2.48. The molecule has 0 aliphatic carbocycles. The minimum Gasteiger partial charge on any atom is -0.372 e. The summed E-state index contributed by atoms with van der Waals surface area (Å²) < 4.78 is 7.29. The quantitative estimate of drug-likeness (QED) is 0.883. The number of ether oxygens (including phenoxy) is 1. The molecule has 0 bridgehead atoms. The van der Waals surface area contributed by atoms with Crippen molar-refractivity contribution >= 4 is 11.9 Å². The highest BCUT2D eigenvalue weighted by Crippen LogP contribution is 2.14. The first-order chi connectivity index (χ1) is 12.0. The fraction of sp³-hybridized carbons (Fsp3) is 0.529. The maximum Gasteiger partial charge on any atom is 0.247 e. The van der Waals surface area contributed by atoms with Crippen molar-refractivity contribution in [3.63, 3.8) is 0 Å². The van der Waals surface area contributed by atoms with Gasteiger partial charge in [0.05, 0.1) is 17.9 Å². The van der Waals surface area contributed by atoms with E-state index in [2.05, 4.69) is 20.8 Å². The lowest BCUT2D eigenvalue weighted by Crippen LogP contribution is -2.48. The highest BCUT2D eigenvalue weighted by Gasteiger charge is 2.25. The number of rotatable bonds is 5. The number of morpholine rings is 1. The van der Waals surface area contributed by atoms with Crippen LogP contribution in [0.4, 0.5) is 5.95 Å². The molecule has 25 heavy (non-hydrogen) atoms. The minimum atomic E-state index is 0.0782. The lowest BCUT2D eigenvalue weighted by molar-refractivity contribution is -0.142. The van der Waals surface area contributed by atoms with Gasteiger partial charge in [-0.15, -0.1) is 0 Å². The Morgan fingerprint density at radius 3 is 2.60 bits per heavy atom. The Morgan fingerprint density at radius 2 is 1.92 bits per heavy atom. The lowest BCUT2D eigenvalue weighted by Gasteiger charge is -2.35. The van der Waals surface area contributed by atoms with Crippen molar-refractivity contribution in [1.29, 1.82) is 0 Å². The smallest absolute Gasteiger partial charge is 0.247 e. The summed E-state index contributed by atoms with van der Waals surface area (Å²) in [6.07, 6.45) is 0.546. The molecule has 1 fully saturated rings. The molecule has 8 nitrogen and oxygen atoms in total. The fourth-order valence-corrected chi connectivity index (χ4v) is 2.98. The molecule has 1 aromatic heterocycles. The maximum atomic E-state index is 12.4. The molecule has 8 heteroatoms. The van der Waals surface area contributed by atoms with Gasteiger partial charge in [0.15, 0.2) is 0 Å². The van der Waals surface area contributed by atoms with E-state index in [4.69, 9.17) is 4.74 Å². The van der Waals surface area contributed by atoms with Crippen molar-refractivity contribution in [3.05, 3.63) is 29.8 Å². The molecule has 1 aliphatic rings. The normalized spacial score (nSPS) is 20.5. The molecular formula is C17H24N6O2. The Morgan fingerprint density at radius 1 is 1.24 bits per heavy atom. The van der Waals surface area contributed by atoms with Gasteiger partial charge in [-0.3, -0.25) is 4.79 Å². The van der Waals surface area contributed by atoms with Gasteiger partial charge in [0.1, 0.15) is 0 Å². The molecule has 134 valence electrons. The summed E-state index contributed by atoms with van der Waals surface area (Å²) in [5, 5.41) is 14.9. The van der Waals surface area contributed by atoms with Crippen LogP contribution >= 0.6 is 0 Å². The number of anilines is 1. The van der Waals surface area contributed by atoms with Crippen molar-refractivity contribution in [1.82, 2.24) is 25.1 Å². The second kappa shape index (κ2) is 7.60. The van der Waals surface area contributed by atoms with Crippen molar-refractivity contribution in [2.24, 2.45) is 0 Å². The molecule has 1 saturated heterocycles. The molecule has 1 aromatic carbocycles. The van der Waals surface area contributed by atoms with E-state index >= 15 is 0 Å². The van der Waals surface area contributed by atoms with E-state index in [0.717, 1.165) is 5.69 Å². The third-order valence-corrected chi connectivity index (χ3v) is 4.14. The summed E-state index contributed by atoms with van der Waals surface area (Å²) in [6, 6.07) is 7.92. The van der Waals surface area contributed by atoms with Gasteiger partial charge < -0.3 is 15.0 Å². The van der Waals surface area contributed by atoms with Crippen LogP contribution in [0, 0.1) is 6.92 Å². The monoisotopic (exact) mass is 344 g/mol. The van der Waals surface area contributed by atoms with Gasteiger partial charge >= 0.3 is 0 Å². The van der Waals surface area contributed by atoms with Crippen LogP contribution in [0.2, 0.25) is 0 Å². The maximum absolute atomic E-state index is 12.4. The highest BCUT2D eigenvalue weighted by atomic mass is 16.5. The number of nitrogens with zero attached hydrogens (tertiary/aromatic N) is 5. The number of aryl methyl sites for hydroxylation is 1. The standard InChI is InChI=1S/C17H24N6O2/c1-12-4-6-15(7-5-12)23-17(19-20-21-23)18-9-8-16(24)22-10-13(2)25-14(3)11-22/h4-7,13-14H,8-11H2,1-3H3,(H,18,19,21)/t13-,14+. The van der Waals surface area contributed by atoms with E-state index in [-0.39, 0.29) is 18.1 Å². The molecule has 2 atom stereocenters. The zero-order chi connectivity index (χ0) is 17.8. The van der Waals surface area contributed by atoms with Crippen LogP contribution in [0.25, 0.3) is 5.69 Å². The topological polar surface area (TPSA) is 85.2 Å². The van der Waals surface area contributed by atoms with Gasteiger partial charge in [-0.25, -0.2) is 0 Å². The molecule has 0 saturated carbocycles. The number of amides is 1. The van der Waals surface area contributed by atoms with E-state index in [9.17, 15) is 4.79 Å². The summed E-state index contributed by atoms with van der Waals surface area (Å²) in [4.78, 5) is 14.2. The zero-order valence-corrected chi connectivity index (χ0v) is 14.8. The average Bonchev–Trinajstić information content (AvgIpc) is 3.03. The third kappa shape index (κ3) is 4.33. The Kier molecular flexibility index (Phi) is 5.28. The second-order valence-corrected chi connectivity index (χ2v) is 6.48. The summed E-state index contributed by atoms with van der Waals surface area (Å²) in [5.74, 6) is 0.643. The van der Waals surface area contributed by atoms with Crippen LogP contribution in [-0.2, 0) is 9.53 Å². The SMILES string of the molecule is Cc1ccc(-n2nnnc2NCCC(=O)N2C[C@@H](C)O[C@@H](C)C2)cc1. The largest absolute Gasteiger partial charge is 0.372 e. The molecular weight excluding hydrogens is 320 g/mol. The van der Waals surface area contributed by atoms with E-state index in [0.29, 0.717) is 32.0 Å². The summed E-state index contributed by atoms with van der Waals surface area (Å²) in [5.41, 5.74) is 2.05. The summed E-state index contributed by atoms with van der Waals surface area (Å²) in [7, 11) is 0. The van der Waals surface area contributed by atoms with Crippen LogP contribution in [0.1, 0.15) is 25.8 Å². The highest BCUT2D eigenvalue weighted by molar-refractivity contribution is 5.76. The number of nitrogens with one attached hydrogen (secondary N) is 1. The lowest BCUT2D eigenvalue weighted by atomic mass is 10.2. The van der Waals surface area contributed by atoms with Gasteiger partial charge in [0.25, 0.3) is 0 Å². The van der Waals surface area contributed by atoms with Gasteiger partial charge in [-0.1, -0.05) is 22.8 Å². The predicted molar refractivity (Wildman–Crippen MR) is 93.6 cm³/mol.